The number of amides is 3. The highest BCUT2D eigenvalue weighted by molar-refractivity contribution is 6.07. The average molecular weight is 632 g/mol. The number of hydrogen-bond donors (Lipinski definition) is 2. The number of imide groups is 1. The molecule has 44 heavy (non-hydrogen) atoms. The van der Waals surface area contributed by atoms with E-state index >= 15 is 0 Å². The van der Waals surface area contributed by atoms with E-state index in [2.05, 4.69) is 5.32 Å². The molecule has 0 spiro atoms. The fourth-order valence-corrected chi connectivity index (χ4v) is 5.28. The lowest BCUT2D eigenvalue weighted by atomic mass is 9.87. The van der Waals surface area contributed by atoms with Crippen molar-refractivity contribution in [2.24, 2.45) is 0 Å². The first-order valence-corrected chi connectivity index (χ1v) is 14.5. The summed E-state index contributed by atoms with van der Waals surface area (Å²) in [5, 5.41) is 12.8. The summed E-state index contributed by atoms with van der Waals surface area (Å²) in [7, 11) is 3.77. The molecule has 3 amide bonds. The Hall–Kier alpha value is -3.48. The number of anilines is 1. The molecule has 0 saturated carbocycles. The van der Waals surface area contributed by atoms with Crippen molar-refractivity contribution in [3.63, 3.8) is 0 Å². The van der Waals surface area contributed by atoms with Gasteiger partial charge in [-0.3, -0.25) is 9.69 Å². The number of nitrogens with zero attached hydrogens (tertiary/aromatic N) is 2. The second kappa shape index (κ2) is 13.3. The average Bonchev–Trinajstić information content (AvgIpc) is 3.16. The maximum atomic E-state index is 13.6. The second-order valence-corrected chi connectivity index (χ2v) is 11.3. The summed E-state index contributed by atoms with van der Waals surface area (Å²) < 4.78 is 87.7. The van der Waals surface area contributed by atoms with Crippen molar-refractivity contribution in [3.8, 4) is 5.75 Å². The van der Waals surface area contributed by atoms with E-state index in [1.165, 1.54) is 0 Å². The van der Waals surface area contributed by atoms with E-state index in [9.17, 15) is 41.0 Å². The molecule has 13 heteroatoms. The summed E-state index contributed by atoms with van der Waals surface area (Å²) in [4.78, 5) is 29.0. The zero-order chi connectivity index (χ0) is 33.1. The summed E-state index contributed by atoms with van der Waals surface area (Å²) in [5.41, 5.74) is -5.74. The SMILES string of the molecule is CCCc1cc(C(O)(C(F)(F)F)C(F)(F)F)cc(CCC)c1OCCCCN1C(=O)NC(C)(c2ccc(N(C)C)cc2)C1=O. The minimum Gasteiger partial charge on any atom is -0.493 e. The molecule has 0 aromatic heterocycles. The first-order chi connectivity index (χ1) is 20.4. The smallest absolute Gasteiger partial charge is 0.430 e. The lowest BCUT2D eigenvalue weighted by molar-refractivity contribution is -0.376. The molecule has 2 aromatic carbocycles. The maximum absolute atomic E-state index is 13.6. The van der Waals surface area contributed by atoms with Crippen molar-refractivity contribution in [2.75, 3.05) is 32.1 Å². The van der Waals surface area contributed by atoms with Gasteiger partial charge in [0.2, 0.25) is 0 Å². The normalized spacial score (nSPS) is 17.7. The standard InChI is InChI=1S/C31H39F6N3O4/c1-6-10-20-18-23(29(43,30(32,33)34)31(35,36)37)19-21(11-7-2)25(20)44-17-9-8-16-40-26(41)28(3,38-27(40)42)22-12-14-24(15-13-22)39(4)5/h12-15,18-19,43H,6-11,16-17H2,1-5H3,(H,38,42). The molecule has 1 aliphatic heterocycles. The molecule has 1 fully saturated rings. The number of halogens is 6. The Kier molecular flexibility index (Phi) is 10.5. The minimum atomic E-state index is -5.99. The van der Waals surface area contributed by atoms with Gasteiger partial charge in [0.1, 0.15) is 11.3 Å². The highest BCUT2D eigenvalue weighted by Crippen LogP contribution is 2.51. The second-order valence-electron chi connectivity index (χ2n) is 11.3. The number of aliphatic hydroxyl groups is 1. The zero-order valence-corrected chi connectivity index (χ0v) is 25.5. The van der Waals surface area contributed by atoms with Crippen molar-refractivity contribution < 1.29 is 45.8 Å². The molecule has 7 nitrogen and oxygen atoms in total. The van der Waals surface area contributed by atoms with E-state index in [0.29, 0.717) is 31.2 Å². The largest absolute Gasteiger partial charge is 0.493 e. The Labute approximate surface area is 253 Å². The number of hydrogen-bond acceptors (Lipinski definition) is 5. The third-order valence-electron chi connectivity index (χ3n) is 7.78. The molecule has 0 aliphatic carbocycles. The number of benzene rings is 2. The molecule has 1 heterocycles. The molecule has 1 unspecified atom stereocenters. The quantitative estimate of drug-likeness (QED) is 0.148. The predicted octanol–water partition coefficient (Wildman–Crippen LogP) is 6.60. The van der Waals surface area contributed by atoms with E-state index < -0.39 is 41.0 Å². The minimum absolute atomic E-state index is 0.0441. The summed E-state index contributed by atoms with van der Waals surface area (Å²) >= 11 is 0. The fourth-order valence-electron chi connectivity index (χ4n) is 5.28. The summed E-state index contributed by atoms with van der Waals surface area (Å²) in [6.45, 7) is 5.21. The predicted molar refractivity (Wildman–Crippen MR) is 154 cm³/mol. The molecule has 3 rings (SSSR count). The monoisotopic (exact) mass is 631 g/mol. The summed E-state index contributed by atoms with van der Waals surface area (Å²) in [6.07, 6.45) is -10.2. The molecule has 0 radical (unpaired) electrons. The highest BCUT2D eigenvalue weighted by atomic mass is 19.4. The molecule has 244 valence electrons. The van der Waals surface area contributed by atoms with Crippen LogP contribution >= 0.6 is 0 Å². The van der Waals surface area contributed by atoms with Gasteiger partial charge in [-0.05, 0) is 73.6 Å². The fraction of sp³-hybridized carbons (Fsp3) is 0.548. The van der Waals surface area contributed by atoms with Crippen molar-refractivity contribution in [1.29, 1.82) is 0 Å². The van der Waals surface area contributed by atoms with Gasteiger partial charge >= 0.3 is 18.4 Å². The summed E-state index contributed by atoms with van der Waals surface area (Å²) in [6, 6.07) is 8.15. The van der Waals surface area contributed by atoms with Gasteiger partial charge in [-0.2, -0.15) is 26.3 Å². The van der Waals surface area contributed by atoms with Crippen LogP contribution in [-0.4, -0.2) is 61.5 Å². The van der Waals surface area contributed by atoms with Crippen LogP contribution in [0.5, 0.6) is 5.75 Å². The van der Waals surface area contributed by atoms with Gasteiger partial charge in [-0.25, -0.2) is 4.79 Å². The number of carbonyl (C=O) groups excluding carboxylic acids is 2. The van der Waals surface area contributed by atoms with Gasteiger partial charge in [-0.1, -0.05) is 38.8 Å². The molecule has 2 N–H and O–H groups in total. The maximum Gasteiger partial charge on any atom is 0.430 e. The van der Waals surface area contributed by atoms with Gasteiger partial charge in [-0.15, -0.1) is 0 Å². The lowest BCUT2D eigenvalue weighted by Gasteiger charge is -2.33. The highest BCUT2D eigenvalue weighted by Gasteiger charge is 2.71. The van der Waals surface area contributed by atoms with Crippen LogP contribution in [0.2, 0.25) is 0 Å². The number of urea groups is 1. The number of rotatable bonds is 13. The van der Waals surface area contributed by atoms with Crippen LogP contribution in [0.25, 0.3) is 0 Å². The van der Waals surface area contributed by atoms with Crippen molar-refractivity contribution >= 4 is 17.6 Å². The van der Waals surface area contributed by atoms with Crippen LogP contribution in [0.3, 0.4) is 0 Å². The number of nitrogens with one attached hydrogen (secondary N) is 1. The Morgan fingerprint density at radius 2 is 1.43 bits per heavy atom. The van der Waals surface area contributed by atoms with E-state index in [-0.39, 0.29) is 42.9 Å². The van der Waals surface area contributed by atoms with Gasteiger partial charge in [0, 0.05) is 31.9 Å². The molecular weight excluding hydrogens is 592 g/mol. The van der Waals surface area contributed by atoms with Crippen LogP contribution in [0.1, 0.15) is 68.7 Å². The molecular formula is C31H39F6N3O4. The summed E-state index contributed by atoms with van der Waals surface area (Å²) in [5.74, 6) is -0.221. The van der Waals surface area contributed by atoms with Gasteiger partial charge in [0.25, 0.3) is 11.5 Å². The van der Waals surface area contributed by atoms with Crippen molar-refractivity contribution in [2.45, 2.75) is 82.8 Å². The van der Waals surface area contributed by atoms with E-state index in [1.54, 1.807) is 32.9 Å². The Bertz CT molecular complexity index is 1290. The molecule has 1 saturated heterocycles. The Morgan fingerprint density at radius 1 is 0.909 bits per heavy atom. The van der Waals surface area contributed by atoms with Crippen LogP contribution in [0, 0.1) is 0 Å². The molecule has 2 aromatic rings. The van der Waals surface area contributed by atoms with E-state index in [1.807, 2.05) is 31.1 Å². The Balaban J connectivity index is 1.74. The van der Waals surface area contributed by atoms with Crippen LogP contribution in [-0.2, 0) is 28.8 Å². The van der Waals surface area contributed by atoms with Crippen LogP contribution in [0.15, 0.2) is 36.4 Å². The number of unbranched alkanes of at least 4 members (excludes halogenated alkanes) is 1. The van der Waals surface area contributed by atoms with E-state index in [0.717, 1.165) is 22.7 Å². The van der Waals surface area contributed by atoms with Gasteiger partial charge in [0.15, 0.2) is 0 Å². The number of aryl methyl sites for hydroxylation is 2. The van der Waals surface area contributed by atoms with Crippen molar-refractivity contribution in [3.05, 3.63) is 58.7 Å². The van der Waals surface area contributed by atoms with Gasteiger partial charge in [0.05, 0.1) is 6.61 Å². The number of ether oxygens (including phenoxy) is 1. The Morgan fingerprint density at radius 3 is 1.89 bits per heavy atom. The lowest BCUT2D eigenvalue weighted by Crippen LogP contribution is -2.54. The molecule has 1 atom stereocenters. The third-order valence-corrected chi connectivity index (χ3v) is 7.78. The first-order valence-electron chi connectivity index (χ1n) is 14.5. The first kappa shape index (κ1) is 35.0. The van der Waals surface area contributed by atoms with Gasteiger partial charge < -0.3 is 20.1 Å². The van der Waals surface area contributed by atoms with Crippen LogP contribution in [0.4, 0.5) is 36.8 Å². The topological polar surface area (TPSA) is 82.1 Å². The number of carbonyl (C=O) groups is 2. The van der Waals surface area contributed by atoms with E-state index in [4.69, 9.17) is 4.74 Å². The van der Waals surface area contributed by atoms with Crippen molar-refractivity contribution in [1.82, 2.24) is 10.2 Å². The third kappa shape index (κ3) is 6.77. The molecule has 0 bridgehead atoms. The molecule has 1 aliphatic rings. The van der Waals surface area contributed by atoms with Crippen LogP contribution < -0.4 is 15.0 Å². The zero-order valence-electron chi connectivity index (χ0n) is 25.5. The number of alkyl halides is 6.